The fourth-order valence-electron chi connectivity index (χ4n) is 2.75. The summed E-state index contributed by atoms with van der Waals surface area (Å²) in [5.74, 6) is -0.0485. The number of hydrogen-bond acceptors (Lipinski definition) is 5. The summed E-state index contributed by atoms with van der Waals surface area (Å²) in [6, 6.07) is 1.79. The van der Waals surface area contributed by atoms with Gasteiger partial charge in [0.25, 0.3) is 0 Å². The highest BCUT2D eigenvalue weighted by Gasteiger charge is 2.46. The largest absolute Gasteiger partial charge is 0.381 e. The maximum atomic E-state index is 12.9. The first kappa shape index (κ1) is 19.9. The Hall–Kier alpha value is -1.41. The van der Waals surface area contributed by atoms with E-state index in [1.54, 1.807) is 17.8 Å². The van der Waals surface area contributed by atoms with E-state index in [1.807, 2.05) is 20.8 Å². The number of rotatable bonds is 4. The Bertz CT molecular complexity index is 738. The first-order valence-corrected chi connectivity index (χ1v) is 10.1. The minimum atomic E-state index is -3.64. The summed E-state index contributed by atoms with van der Waals surface area (Å²) >= 11 is 0. The van der Waals surface area contributed by atoms with Crippen LogP contribution in [0.1, 0.15) is 53.2 Å². The first-order chi connectivity index (χ1) is 11.4. The van der Waals surface area contributed by atoms with Gasteiger partial charge in [-0.15, -0.1) is 0 Å². The zero-order valence-corrected chi connectivity index (χ0v) is 16.7. The highest BCUT2D eigenvalue weighted by Crippen LogP contribution is 2.29. The number of nitrogens with one attached hydrogen (secondary N) is 1. The number of nitrogens with zero attached hydrogens (tertiary/aromatic N) is 2. The first-order valence-electron chi connectivity index (χ1n) is 8.54. The lowest BCUT2D eigenvalue weighted by Gasteiger charge is -2.31. The van der Waals surface area contributed by atoms with E-state index >= 15 is 0 Å². The summed E-state index contributed by atoms with van der Waals surface area (Å²) < 4.78 is 31.2. The maximum Gasteiger partial charge on any atom is 0.246 e. The number of aromatic nitrogens is 2. The van der Waals surface area contributed by atoms with Crippen LogP contribution in [-0.2, 0) is 31.8 Å². The van der Waals surface area contributed by atoms with Gasteiger partial charge in [0.05, 0.1) is 10.9 Å². The van der Waals surface area contributed by atoms with Crippen LogP contribution < -0.4 is 5.32 Å². The molecule has 1 fully saturated rings. The molecule has 1 amide bonds. The summed E-state index contributed by atoms with van der Waals surface area (Å²) in [5, 5.41) is 6.60. The number of carbonyl (C=O) groups is 1. The quantitative estimate of drug-likeness (QED) is 0.874. The second-order valence-corrected chi connectivity index (χ2v) is 10.9. The molecule has 25 heavy (non-hydrogen) atoms. The molecule has 0 spiro atoms. The van der Waals surface area contributed by atoms with Crippen molar-refractivity contribution in [3.05, 3.63) is 11.8 Å². The Balaban J connectivity index is 2.23. The fourth-order valence-corrected chi connectivity index (χ4v) is 4.71. The molecule has 1 saturated heterocycles. The molecule has 1 aliphatic rings. The van der Waals surface area contributed by atoms with E-state index in [-0.39, 0.29) is 5.41 Å². The third kappa shape index (κ3) is 3.89. The predicted octanol–water partition coefficient (Wildman–Crippen LogP) is 2.03. The zero-order valence-electron chi connectivity index (χ0n) is 15.9. The van der Waals surface area contributed by atoms with Crippen LogP contribution in [0.15, 0.2) is 6.07 Å². The number of carbonyl (C=O) groups excluding carboxylic acids is 1. The summed E-state index contributed by atoms with van der Waals surface area (Å²) in [6.07, 6.45) is 0.859. The van der Waals surface area contributed by atoms with Crippen LogP contribution >= 0.6 is 0 Å². The molecule has 0 unspecified atom stereocenters. The SMILES string of the molecule is Cn1nc(C(C)(C)C)cc1NC(=O)C(C)(C)S(=O)(=O)C1CCOCC1. The highest BCUT2D eigenvalue weighted by molar-refractivity contribution is 7.94. The fraction of sp³-hybridized carbons (Fsp3) is 0.765. The van der Waals surface area contributed by atoms with Crippen LogP contribution in [-0.4, -0.2) is 47.3 Å². The van der Waals surface area contributed by atoms with Crippen molar-refractivity contribution in [1.29, 1.82) is 0 Å². The van der Waals surface area contributed by atoms with Crippen LogP contribution in [0.4, 0.5) is 5.82 Å². The molecule has 1 aromatic heterocycles. The summed E-state index contributed by atoms with van der Waals surface area (Å²) in [5.41, 5.74) is 0.667. The van der Waals surface area contributed by atoms with Crippen molar-refractivity contribution >= 4 is 21.6 Å². The van der Waals surface area contributed by atoms with Crippen molar-refractivity contribution < 1.29 is 17.9 Å². The molecular formula is C17H29N3O4S. The van der Waals surface area contributed by atoms with Crippen molar-refractivity contribution in [2.45, 2.75) is 62.9 Å². The highest BCUT2D eigenvalue weighted by atomic mass is 32.2. The Morgan fingerprint density at radius 2 is 1.80 bits per heavy atom. The third-order valence-electron chi connectivity index (χ3n) is 4.76. The Kier molecular flexibility index (Phi) is 5.35. The number of sulfone groups is 1. The van der Waals surface area contributed by atoms with E-state index < -0.39 is 25.7 Å². The molecule has 2 heterocycles. The van der Waals surface area contributed by atoms with Gasteiger partial charge in [-0.25, -0.2) is 8.42 Å². The molecule has 0 aromatic carbocycles. The van der Waals surface area contributed by atoms with Gasteiger partial charge >= 0.3 is 0 Å². The molecule has 0 bridgehead atoms. The van der Waals surface area contributed by atoms with Gasteiger partial charge in [-0.1, -0.05) is 20.8 Å². The van der Waals surface area contributed by atoms with Crippen molar-refractivity contribution in [2.24, 2.45) is 7.05 Å². The Morgan fingerprint density at radius 3 is 2.28 bits per heavy atom. The third-order valence-corrected chi connectivity index (χ3v) is 7.71. The maximum absolute atomic E-state index is 12.9. The minimum absolute atomic E-state index is 0.162. The second kappa shape index (κ2) is 6.72. The van der Waals surface area contributed by atoms with Gasteiger partial charge in [0.1, 0.15) is 10.6 Å². The van der Waals surface area contributed by atoms with Crippen LogP contribution in [0.2, 0.25) is 0 Å². The minimum Gasteiger partial charge on any atom is -0.381 e. The lowest BCUT2D eigenvalue weighted by molar-refractivity contribution is -0.117. The molecule has 8 heteroatoms. The topological polar surface area (TPSA) is 90.3 Å². The van der Waals surface area contributed by atoms with Gasteiger partial charge in [-0.2, -0.15) is 5.10 Å². The number of aryl methyl sites for hydroxylation is 1. The normalized spacial score (nSPS) is 17.5. The van der Waals surface area contributed by atoms with Crippen molar-refractivity contribution in [3.63, 3.8) is 0 Å². The van der Waals surface area contributed by atoms with Gasteiger partial charge in [-0.3, -0.25) is 9.48 Å². The molecule has 0 radical (unpaired) electrons. The summed E-state index contributed by atoms with van der Waals surface area (Å²) in [7, 11) is -1.91. The van der Waals surface area contributed by atoms with Crippen molar-refractivity contribution in [2.75, 3.05) is 18.5 Å². The molecule has 0 atom stereocenters. The summed E-state index contributed by atoms with van der Waals surface area (Å²) in [6.45, 7) is 9.85. The van der Waals surface area contributed by atoms with Crippen LogP contribution in [0.25, 0.3) is 0 Å². The lowest BCUT2D eigenvalue weighted by atomic mass is 9.92. The van der Waals surface area contributed by atoms with E-state index in [0.29, 0.717) is 31.9 Å². The number of ether oxygens (including phenoxy) is 1. The van der Waals surface area contributed by atoms with Gasteiger partial charge in [0.15, 0.2) is 9.84 Å². The number of anilines is 1. The van der Waals surface area contributed by atoms with E-state index in [9.17, 15) is 13.2 Å². The van der Waals surface area contributed by atoms with Crippen molar-refractivity contribution in [1.82, 2.24) is 9.78 Å². The van der Waals surface area contributed by atoms with Gasteiger partial charge < -0.3 is 10.1 Å². The van der Waals surface area contributed by atoms with Gasteiger partial charge in [0.2, 0.25) is 5.91 Å². The Labute approximate surface area is 150 Å². The molecule has 0 aliphatic carbocycles. The molecule has 1 aromatic rings. The summed E-state index contributed by atoms with van der Waals surface area (Å²) in [4.78, 5) is 12.8. The average molecular weight is 372 g/mol. The number of hydrogen-bond donors (Lipinski definition) is 1. The van der Waals surface area contributed by atoms with E-state index in [0.717, 1.165) is 5.69 Å². The standard InChI is InChI=1S/C17H29N3O4S/c1-16(2,3)13-11-14(20(6)19-13)18-15(21)17(4,5)25(22,23)12-7-9-24-10-8-12/h11-12H,7-10H2,1-6H3,(H,18,21). The monoisotopic (exact) mass is 371 g/mol. The average Bonchev–Trinajstić information content (AvgIpc) is 2.89. The van der Waals surface area contributed by atoms with Crippen molar-refractivity contribution in [3.8, 4) is 0 Å². The smallest absolute Gasteiger partial charge is 0.246 e. The molecule has 142 valence electrons. The molecule has 1 aliphatic heterocycles. The Morgan fingerprint density at radius 1 is 1.24 bits per heavy atom. The molecule has 2 rings (SSSR count). The zero-order chi connectivity index (χ0) is 19.0. The van der Waals surface area contributed by atoms with E-state index in [2.05, 4.69) is 10.4 Å². The van der Waals surface area contributed by atoms with E-state index in [1.165, 1.54) is 13.8 Å². The van der Waals surface area contributed by atoms with Gasteiger partial charge in [0, 0.05) is 31.7 Å². The molecule has 7 nitrogen and oxygen atoms in total. The van der Waals surface area contributed by atoms with Crippen LogP contribution in [0.5, 0.6) is 0 Å². The van der Waals surface area contributed by atoms with E-state index in [4.69, 9.17) is 4.74 Å². The number of amides is 1. The predicted molar refractivity (Wildman–Crippen MR) is 97.4 cm³/mol. The van der Waals surface area contributed by atoms with Gasteiger partial charge in [-0.05, 0) is 26.7 Å². The lowest BCUT2D eigenvalue weighted by Crippen LogP contribution is -2.50. The second-order valence-electron chi connectivity index (χ2n) is 8.11. The van der Waals surface area contributed by atoms with Crippen LogP contribution in [0.3, 0.4) is 0 Å². The molecule has 1 N–H and O–H groups in total. The molecule has 0 saturated carbocycles. The molecular weight excluding hydrogens is 342 g/mol. The van der Waals surface area contributed by atoms with Crippen LogP contribution in [0, 0.1) is 0 Å².